The predicted molar refractivity (Wildman–Crippen MR) is 156 cm³/mol. The minimum Gasteiger partial charge on any atom is -0.482 e. The number of aryl methyl sites for hydroxylation is 2. The van der Waals surface area contributed by atoms with Gasteiger partial charge in [-0.25, -0.2) is 4.79 Å². The van der Waals surface area contributed by atoms with Gasteiger partial charge in [-0.15, -0.1) is 28.1 Å². The van der Waals surface area contributed by atoms with Crippen LogP contribution in [0.3, 0.4) is 0 Å². The number of thiophene rings is 1. The average Bonchev–Trinajstić information content (AvgIpc) is 3.38. The molecule has 2 heterocycles. The molecule has 1 aromatic carbocycles. The van der Waals surface area contributed by atoms with E-state index in [2.05, 4.69) is 35.1 Å². The highest BCUT2D eigenvalue weighted by molar-refractivity contribution is 7.99. The molecule has 1 unspecified atom stereocenters. The maximum absolute atomic E-state index is 13.0. The van der Waals surface area contributed by atoms with Gasteiger partial charge in [0.15, 0.2) is 17.1 Å². The fourth-order valence-electron chi connectivity index (χ4n) is 4.65. The van der Waals surface area contributed by atoms with Crippen LogP contribution >= 0.6 is 23.1 Å². The molecule has 0 bridgehead atoms. The number of hydrogen-bond acceptors (Lipinski definition) is 8. The number of carbonyl (C=O) groups is 2. The predicted octanol–water partition coefficient (Wildman–Crippen LogP) is 6.46. The first kappa shape index (κ1) is 28.9. The zero-order valence-corrected chi connectivity index (χ0v) is 24.7. The second-order valence-electron chi connectivity index (χ2n) is 9.52. The molecule has 0 saturated carbocycles. The van der Waals surface area contributed by atoms with Crippen LogP contribution in [-0.2, 0) is 28.9 Å². The third-order valence-corrected chi connectivity index (χ3v) is 8.94. The highest BCUT2D eigenvalue weighted by Crippen LogP contribution is 2.38. The zero-order chi connectivity index (χ0) is 27.9. The van der Waals surface area contributed by atoms with Crippen molar-refractivity contribution < 1.29 is 19.1 Å². The summed E-state index contributed by atoms with van der Waals surface area (Å²) in [5, 5.41) is 12.9. The summed E-state index contributed by atoms with van der Waals surface area (Å²) in [7, 11) is 0. The molecule has 8 nitrogen and oxygen atoms in total. The van der Waals surface area contributed by atoms with Crippen molar-refractivity contribution in [3.05, 3.63) is 63.8 Å². The zero-order valence-electron chi connectivity index (χ0n) is 23.0. The lowest BCUT2D eigenvalue weighted by Gasteiger charge is -2.18. The van der Waals surface area contributed by atoms with Gasteiger partial charge in [0.05, 0.1) is 17.9 Å². The topological polar surface area (TPSA) is 95.3 Å². The van der Waals surface area contributed by atoms with Crippen molar-refractivity contribution in [2.24, 2.45) is 0 Å². The molecule has 0 aliphatic heterocycles. The Morgan fingerprint density at radius 3 is 2.79 bits per heavy atom. The molecule has 0 fully saturated rings. The maximum Gasteiger partial charge on any atom is 0.341 e. The first-order valence-electron chi connectivity index (χ1n) is 13.3. The lowest BCUT2D eigenvalue weighted by atomic mass is 10.1. The van der Waals surface area contributed by atoms with E-state index in [1.165, 1.54) is 28.0 Å². The number of carbonyl (C=O) groups excluding carboxylic acids is 2. The van der Waals surface area contributed by atoms with Crippen LogP contribution in [0.15, 0.2) is 36.0 Å². The van der Waals surface area contributed by atoms with Crippen molar-refractivity contribution in [2.75, 3.05) is 17.7 Å². The fourth-order valence-corrected chi connectivity index (χ4v) is 6.69. The number of amides is 1. The molecule has 2 aromatic heterocycles. The molecule has 0 saturated heterocycles. The van der Waals surface area contributed by atoms with Crippen LogP contribution in [0.1, 0.15) is 77.0 Å². The monoisotopic (exact) mass is 568 g/mol. The molecule has 10 heteroatoms. The molecule has 4 rings (SSSR count). The van der Waals surface area contributed by atoms with E-state index in [0.717, 1.165) is 54.5 Å². The van der Waals surface area contributed by atoms with E-state index in [-0.39, 0.29) is 23.7 Å². The van der Waals surface area contributed by atoms with Gasteiger partial charge in [-0.3, -0.25) is 9.36 Å². The summed E-state index contributed by atoms with van der Waals surface area (Å²) in [6.45, 7) is 12.5. The van der Waals surface area contributed by atoms with Crippen molar-refractivity contribution in [3.8, 4) is 5.75 Å². The Balaban J connectivity index is 1.47. The van der Waals surface area contributed by atoms with Gasteiger partial charge >= 0.3 is 5.97 Å². The van der Waals surface area contributed by atoms with Gasteiger partial charge in [0.2, 0.25) is 5.91 Å². The van der Waals surface area contributed by atoms with Crippen LogP contribution in [-0.4, -0.2) is 39.0 Å². The lowest BCUT2D eigenvalue weighted by Crippen LogP contribution is -2.17. The number of ether oxygens (including phenoxy) is 2. The van der Waals surface area contributed by atoms with E-state index >= 15 is 0 Å². The number of nitrogens with zero attached hydrogens (tertiary/aromatic N) is 3. The fraction of sp³-hybridized carbons (Fsp3) is 0.448. The van der Waals surface area contributed by atoms with Crippen LogP contribution in [0.25, 0.3) is 0 Å². The molecule has 1 amide bonds. The van der Waals surface area contributed by atoms with Gasteiger partial charge in [-0.2, -0.15) is 0 Å². The molecular weight excluding hydrogens is 532 g/mol. The molecule has 0 radical (unpaired) electrons. The average molecular weight is 569 g/mol. The van der Waals surface area contributed by atoms with Crippen LogP contribution in [0, 0.1) is 13.8 Å². The molecule has 1 N–H and O–H groups in total. The largest absolute Gasteiger partial charge is 0.482 e. The smallest absolute Gasteiger partial charge is 0.341 e. The summed E-state index contributed by atoms with van der Waals surface area (Å²) in [4.78, 5) is 27.0. The van der Waals surface area contributed by atoms with E-state index < -0.39 is 0 Å². The van der Waals surface area contributed by atoms with E-state index in [9.17, 15) is 9.59 Å². The van der Waals surface area contributed by atoms with Crippen LogP contribution < -0.4 is 10.1 Å². The Hall–Kier alpha value is -3.11. The van der Waals surface area contributed by atoms with E-state index in [0.29, 0.717) is 34.7 Å². The van der Waals surface area contributed by atoms with Crippen molar-refractivity contribution in [1.82, 2.24) is 14.8 Å². The first-order valence-corrected chi connectivity index (χ1v) is 15.1. The van der Waals surface area contributed by atoms with Crippen LogP contribution in [0.4, 0.5) is 5.00 Å². The number of allylic oxidation sites excluding steroid dienone is 1. The number of thioether (sulfide) groups is 1. The van der Waals surface area contributed by atoms with Crippen molar-refractivity contribution in [2.45, 2.75) is 77.6 Å². The number of benzene rings is 1. The third kappa shape index (κ3) is 6.73. The minimum atomic E-state index is -0.368. The normalized spacial score (nSPS) is 13.7. The molecule has 39 heavy (non-hydrogen) atoms. The van der Waals surface area contributed by atoms with E-state index in [4.69, 9.17) is 9.47 Å². The standard InChI is InChI=1S/C29H36N4O4S2/c1-6-16-33-26(20(5)37-22-14-11-12-18(3)19(22)4)31-32-29(33)38-17-24(34)30-27-25(28(35)36-7-2)21-13-9-8-10-15-23(21)39-27/h6,11-12,14,20H,1,7-10,13,15-17H2,2-5H3,(H,30,34). The Morgan fingerprint density at radius 1 is 1.23 bits per heavy atom. The van der Waals surface area contributed by atoms with Gasteiger partial charge in [-0.05, 0) is 76.1 Å². The summed E-state index contributed by atoms with van der Waals surface area (Å²) >= 11 is 2.79. The van der Waals surface area contributed by atoms with Gasteiger partial charge in [0.1, 0.15) is 10.8 Å². The molecule has 3 aromatic rings. The Labute approximate surface area is 238 Å². The third-order valence-electron chi connectivity index (χ3n) is 6.77. The Morgan fingerprint density at radius 2 is 2.03 bits per heavy atom. The molecule has 1 aliphatic rings. The second kappa shape index (κ2) is 13.3. The number of esters is 1. The number of anilines is 1. The molecule has 1 aliphatic carbocycles. The number of aromatic nitrogens is 3. The maximum atomic E-state index is 13.0. The summed E-state index contributed by atoms with van der Waals surface area (Å²) < 4.78 is 13.5. The highest BCUT2D eigenvalue weighted by atomic mass is 32.2. The first-order chi connectivity index (χ1) is 18.8. The summed E-state index contributed by atoms with van der Waals surface area (Å²) in [6.07, 6.45) is 6.44. The van der Waals surface area contributed by atoms with Crippen molar-refractivity contribution in [3.63, 3.8) is 0 Å². The van der Waals surface area contributed by atoms with Gasteiger partial charge < -0.3 is 14.8 Å². The molecule has 0 spiro atoms. The molecule has 1 atom stereocenters. The Kier molecular flexibility index (Phi) is 9.85. The Bertz CT molecular complexity index is 1350. The van der Waals surface area contributed by atoms with E-state index in [1.54, 1.807) is 13.0 Å². The quantitative estimate of drug-likeness (QED) is 0.123. The van der Waals surface area contributed by atoms with E-state index in [1.807, 2.05) is 30.5 Å². The van der Waals surface area contributed by atoms with Gasteiger partial charge in [-0.1, -0.05) is 36.4 Å². The van der Waals surface area contributed by atoms with Gasteiger partial charge in [0, 0.05) is 11.4 Å². The minimum absolute atomic E-state index is 0.117. The number of rotatable bonds is 11. The number of nitrogens with one attached hydrogen (secondary N) is 1. The second-order valence-corrected chi connectivity index (χ2v) is 11.6. The molecular formula is C29H36N4O4S2. The number of fused-ring (bicyclic) bond motifs is 1. The van der Waals surface area contributed by atoms with Crippen molar-refractivity contribution in [1.29, 1.82) is 0 Å². The summed E-state index contributed by atoms with van der Waals surface area (Å²) in [6, 6.07) is 5.97. The van der Waals surface area contributed by atoms with Crippen LogP contribution in [0.2, 0.25) is 0 Å². The molecule has 208 valence electrons. The SMILES string of the molecule is C=CCn1c(SCC(=O)Nc2sc3c(c2C(=O)OCC)CCCCC3)nnc1C(C)Oc1cccc(C)c1C. The summed E-state index contributed by atoms with van der Waals surface area (Å²) in [5.41, 5.74) is 3.79. The highest BCUT2D eigenvalue weighted by Gasteiger charge is 2.27. The van der Waals surface area contributed by atoms with Gasteiger partial charge in [0.25, 0.3) is 0 Å². The van der Waals surface area contributed by atoms with Crippen molar-refractivity contribution >= 4 is 40.0 Å². The van der Waals surface area contributed by atoms with Crippen LogP contribution in [0.5, 0.6) is 5.75 Å². The number of hydrogen-bond donors (Lipinski definition) is 1. The lowest BCUT2D eigenvalue weighted by molar-refractivity contribution is -0.113. The summed E-state index contributed by atoms with van der Waals surface area (Å²) in [5.74, 6) is 0.998.